The molecule has 1 unspecified atom stereocenters. The van der Waals surface area contributed by atoms with Gasteiger partial charge in [-0.3, -0.25) is 0 Å². The maximum atomic E-state index is 12.8. The van der Waals surface area contributed by atoms with Gasteiger partial charge in [-0.2, -0.15) is 0 Å². The molecule has 2 aromatic rings. The van der Waals surface area contributed by atoms with Gasteiger partial charge in [0.1, 0.15) is 19.0 Å². The first-order valence-electron chi connectivity index (χ1n) is 6.52. The summed E-state index contributed by atoms with van der Waals surface area (Å²) < 4.78 is 28.9. The van der Waals surface area contributed by atoms with Gasteiger partial charge in [0.25, 0.3) is 0 Å². The van der Waals surface area contributed by atoms with Crippen molar-refractivity contribution < 1.29 is 23.4 Å². The van der Waals surface area contributed by atoms with E-state index in [1.807, 2.05) is 6.07 Å². The molecule has 1 aliphatic heterocycles. The summed E-state index contributed by atoms with van der Waals surface area (Å²) in [5, 5.41) is 0. The molecule has 0 N–H and O–H groups in total. The van der Waals surface area contributed by atoms with Crippen LogP contribution in [0.4, 0.5) is 4.39 Å². The van der Waals surface area contributed by atoms with Crippen LogP contribution in [0.3, 0.4) is 0 Å². The average molecular weight is 288 g/mol. The number of carbonyl (C=O) groups excluding carboxylic acids is 1. The second kappa shape index (κ2) is 5.83. The van der Waals surface area contributed by atoms with Crippen LogP contribution in [0.1, 0.15) is 5.56 Å². The van der Waals surface area contributed by atoms with Crippen molar-refractivity contribution in [3.05, 3.63) is 59.9 Å². The Balaban J connectivity index is 1.58. The van der Waals surface area contributed by atoms with Gasteiger partial charge in [0.2, 0.25) is 6.10 Å². The van der Waals surface area contributed by atoms with E-state index < -0.39 is 12.1 Å². The van der Waals surface area contributed by atoms with E-state index in [-0.39, 0.29) is 19.0 Å². The molecule has 0 saturated carbocycles. The quantitative estimate of drug-likeness (QED) is 0.815. The van der Waals surface area contributed by atoms with Crippen molar-refractivity contribution in [1.29, 1.82) is 0 Å². The van der Waals surface area contributed by atoms with Gasteiger partial charge in [-0.25, -0.2) is 9.18 Å². The standard InChI is InChI=1S/C16H13FO4/c17-12-7-5-11(6-8-12)9-20-16(18)15-10-19-13-3-1-2-4-14(13)21-15/h1-8,15H,9-10H2. The molecule has 1 atom stereocenters. The first-order valence-corrected chi connectivity index (χ1v) is 6.52. The Hall–Kier alpha value is -2.56. The van der Waals surface area contributed by atoms with E-state index in [2.05, 4.69) is 0 Å². The van der Waals surface area contributed by atoms with Crippen molar-refractivity contribution in [2.24, 2.45) is 0 Å². The highest BCUT2D eigenvalue weighted by Crippen LogP contribution is 2.31. The molecule has 0 spiro atoms. The second-order valence-corrected chi connectivity index (χ2v) is 4.60. The number of rotatable bonds is 3. The Labute approximate surface area is 121 Å². The van der Waals surface area contributed by atoms with Gasteiger partial charge in [-0.15, -0.1) is 0 Å². The zero-order chi connectivity index (χ0) is 14.7. The summed E-state index contributed by atoms with van der Waals surface area (Å²) in [5.74, 6) is 0.298. The van der Waals surface area contributed by atoms with Crippen molar-refractivity contribution in [2.75, 3.05) is 6.61 Å². The molecule has 5 heteroatoms. The highest BCUT2D eigenvalue weighted by Gasteiger charge is 2.28. The molecule has 0 aromatic heterocycles. The highest BCUT2D eigenvalue weighted by molar-refractivity contribution is 5.76. The lowest BCUT2D eigenvalue weighted by molar-refractivity contribution is -0.155. The van der Waals surface area contributed by atoms with E-state index in [4.69, 9.17) is 14.2 Å². The molecule has 0 bridgehead atoms. The molecule has 0 fully saturated rings. The molecule has 0 saturated heterocycles. The van der Waals surface area contributed by atoms with Crippen molar-refractivity contribution >= 4 is 5.97 Å². The maximum Gasteiger partial charge on any atom is 0.351 e. The summed E-state index contributed by atoms with van der Waals surface area (Å²) >= 11 is 0. The Morgan fingerprint density at radius 1 is 1.14 bits per heavy atom. The summed E-state index contributed by atoms with van der Waals surface area (Å²) in [4.78, 5) is 11.9. The van der Waals surface area contributed by atoms with Crippen LogP contribution in [-0.4, -0.2) is 18.7 Å². The first-order chi connectivity index (χ1) is 10.2. The number of hydrogen-bond acceptors (Lipinski definition) is 4. The van der Waals surface area contributed by atoms with Crippen LogP contribution in [0.25, 0.3) is 0 Å². The SMILES string of the molecule is O=C(OCc1ccc(F)cc1)C1COc2ccccc2O1. The van der Waals surface area contributed by atoms with Crippen LogP contribution < -0.4 is 9.47 Å². The number of ether oxygens (including phenoxy) is 3. The van der Waals surface area contributed by atoms with Crippen molar-refractivity contribution in [3.63, 3.8) is 0 Å². The number of benzene rings is 2. The number of fused-ring (bicyclic) bond motifs is 1. The predicted octanol–water partition coefficient (Wildman–Crippen LogP) is 2.71. The smallest absolute Gasteiger partial charge is 0.351 e. The molecule has 2 aromatic carbocycles. The number of halogens is 1. The second-order valence-electron chi connectivity index (χ2n) is 4.60. The van der Waals surface area contributed by atoms with E-state index in [1.165, 1.54) is 12.1 Å². The minimum Gasteiger partial charge on any atom is -0.485 e. The van der Waals surface area contributed by atoms with Crippen LogP contribution in [0.5, 0.6) is 11.5 Å². The Morgan fingerprint density at radius 2 is 1.86 bits per heavy atom. The van der Waals surface area contributed by atoms with Gasteiger partial charge in [0.05, 0.1) is 0 Å². The van der Waals surface area contributed by atoms with Crippen molar-refractivity contribution in [1.82, 2.24) is 0 Å². The van der Waals surface area contributed by atoms with Gasteiger partial charge in [0.15, 0.2) is 11.5 Å². The van der Waals surface area contributed by atoms with Crippen molar-refractivity contribution in [3.8, 4) is 11.5 Å². The van der Waals surface area contributed by atoms with Gasteiger partial charge in [-0.1, -0.05) is 24.3 Å². The normalized spacial score (nSPS) is 16.3. The fraction of sp³-hybridized carbons (Fsp3) is 0.188. The van der Waals surface area contributed by atoms with Crippen LogP contribution in [0.15, 0.2) is 48.5 Å². The predicted molar refractivity (Wildman–Crippen MR) is 72.5 cm³/mol. The van der Waals surface area contributed by atoms with Crippen LogP contribution >= 0.6 is 0 Å². The monoisotopic (exact) mass is 288 g/mol. The fourth-order valence-electron chi connectivity index (χ4n) is 1.96. The Kier molecular flexibility index (Phi) is 3.73. The number of hydrogen-bond donors (Lipinski definition) is 0. The zero-order valence-corrected chi connectivity index (χ0v) is 11.1. The molecule has 1 heterocycles. The van der Waals surface area contributed by atoms with Crippen LogP contribution in [-0.2, 0) is 16.1 Å². The van der Waals surface area contributed by atoms with Gasteiger partial charge >= 0.3 is 5.97 Å². The van der Waals surface area contributed by atoms with E-state index in [0.717, 1.165) is 0 Å². The Bertz CT molecular complexity index is 639. The van der Waals surface area contributed by atoms with E-state index in [1.54, 1.807) is 30.3 Å². The number of esters is 1. The minimum absolute atomic E-state index is 0.0701. The molecule has 108 valence electrons. The van der Waals surface area contributed by atoms with Crippen molar-refractivity contribution in [2.45, 2.75) is 12.7 Å². The molecule has 0 radical (unpaired) electrons. The Morgan fingerprint density at radius 3 is 2.62 bits per heavy atom. The van der Waals surface area contributed by atoms with E-state index in [9.17, 15) is 9.18 Å². The van der Waals surface area contributed by atoms with Crippen LogP contribution in [0, 0.1) is 5.82 Å². The van der Waals surface area contributed by atoms with Gasteiger partial charge < -0.3 is 14.2 Å². The number of carbonyl (C=O) groups is 1. The fourth-order valence-corrected chi connectivity index (χ4v) is 1.96. The molecule has 21 heavy (non-hydrogen) atoms. The third kappa shape index (κ3) is 3.13. The molecule has 3 rings (SSSR count). The van der Waals surface area contributed by atoms with Crippen LogP contribution in [0.2, 0.25) is 0 Å². The van der Waals surface area contributed by atoms with E-state index >= 15 is 0 Å². The molecule has 0 amide bonds. The third-order valence-electron chi connectivity index (χ3n) is 3.07. The summed E-state index contributed by atoms with van der Waals surface area (Å²) in [6, 6.07) is 12.9. The first kappa shape index (κ1) is 13.4. The third-order valence-corrected chi connectivity index (χ3v) is 3.07. The lowest BCUT2D eigenvalue weighted by Crippen LogP contribution is -2.37. The molecule has 0 aliphatic carbocycles. The maximum absolute atomic E-state index is 12.8. The van der Waals surface area contributed by atoms with Gasteiger partial charge in [-0.05, 0) is 29.8 Å². The lowest BCUT2D eigenvalue weighted by Gasteiger charge is -2.24. The minimum atomic E-state index is -0.791. The average Bonchev–Trinajstić information content (AvgIpc) is 2.53. The molecular weight excluding hydrogens is 275 g/mol. The highest BCUT2D eigenvalue weighted by atomic mass is 19.1. The summed E-state index contributed by atoms with van der Waals surface area (Å²) in [6.45, 7) is 0.180. The zero-order valence-electron chi connectivity index (χ0n) is 11.1. The molecule has 4 nitrogen and oxygen atoms in total. The molecular formula is C16H13FO4. The number of para-hydroxylation sites is 2. The van der Waals surface area contributed by atoms with E-state index in [0.29, 0.717) is 17.1 Å². The lowest BCUT2D eigenvalue weighted by atomic mass is 10.2. The van der Waals surface area contributed by atoms with Gasteiger partial charge in [0, 0.05) is 0 Å². The topological polar surface area (TPSA) is 44.8 Å². The summed E-state index contributed by atoms with van der Waals surface area (Å²) in [5.41, 5.74) is 0.710. The largest absolute Gasteiger partial charge is 0.485 e. The summed E-state index contributed by atoms with van der Waals surface area (Å²) in [6.07, 6.45) is -0.791. The summed E-state index contributed by atoms with van der Waals surface area (Å²) in [7, 11) is 0. The molecule has 1 aliphatic rings.